The molecule has 1 aliphatic heterocycles. The Labute approximate surface area is 187 Å². The van der Waals surface area contributed by atoms with Gasteiger partial charge in [-0.25, -0.2) is 8.42 Å². The molecule has 0 saturated carbocycles. The van der Waals surface area contributed by atoms with Crippen molar-refractivity contribution in [2.24, 2.45) is 0 Å². The Bertz CT molecular complexity index is 1260. The number of rotatable bonds is 7. The van der Waals surface area contributed by atoms with Crippen LogP contribution in [0.2, 0.25) is 0 Å². The van der Waals surface area contributed by atoms with Gasteiger partial charge >= 0.3 is 0 Å². The Morgan fingerprint density at radius 1 is 1.19 bits per heavy atom. The van der Waals surface area contributed by atoms with E-state index in [1.165, 1.54) is 21.7 Å². The van der Waals surface area contributed by atoms with Crippen LogP contribution in [0.25, 0.3) is 11.4 Å². The lowest BCUT2D eigenvalue weighted by Gasteiger charge is -2.20. The van der Waals surface area contributed by atoms with Crippen LogP contribution in [0.4, 0.5) is 5.69 Å². The van der Waals surface area contributed by atoms with Crippen molar-refractivity contribution in [3.05, 3.63) is 94.8 Å². The standard InChI is InChI=1S/C23H21BN3O2S2/c1-3-18(24-23-26-21(16-30-23)20-10-7-8-13-25-20)15-19(4-2)31(28,29)27-14-12-17-9-5-6-11-22(17)27/h3-11,13,15-16H,2,12,14H2,1H3/b18-3+,19-15+. The molecular formula is C23H21BN3O2S2. The second kappa shape index (κ2) is 9.04. The van der Waals surface area contributed by atoms with Crippen LogP contribution in [0.3, 0.4) is 0 Å². The summed E-state index contributed by atoms with van der Waals surface area (Å²) >= 11 is 1.48. The third-order valence-electron chi connectivity index (χ3n) is 5.02. The maximum Gasteiger partial charge on any atom is 0.264 e. The van der Waals surface area contributed by atoms with Gasteiger partial charge < -0.3 is 0 Å². The highest BCUT2D eigenvalue weighted by molar-refractivity contribution is 7.96. The molecule has 0 N–H and O–H groups in total. The fourth-order valence-electron chi connectivity index (χ4n) is 3.42. The number of allylic oxidation sites excluding steroid dienone is 4. The van der Waals surface area contributed by atoms with Gasteiger partial charge in [-0.1, -0.05) is 42.4 Å². The number of pyridine rings is 1. The van der Waals surface area contributed by atoms with Crippen LogP contribution in [-0.4, -0.2) is 32.2 Å². The third-order valence-corrected chi connectivity index (χ3v) is 7.65. The minimum absolute atomic E-state index is 0.162. The lowest BCUT2D eigenvalue weighted by Crippen LogP contribution is -2.30. The van der Waals surface area contributed by atoms with Crippen LogP contribution in [0.1, 0.15) is 12.5 Å². The SMILES string of the molecule is C=C/C(=C\C([B]c1nc(-c2ccccn2)cs1)=C/C)S(=O)(=O)N1CCc2ccccc21. The maximum atomic E-state index is 13.3. The number of nitrogens with zero attached hydrogens (tertiary/aromatic N) is 3. The van der Waals surface area contributed by atoms with Crippen LogP contribution in [-0.2, 0) is 16.4 Å². The number of benzene rings is 1. The molecule has 1 aliphatic rings. The van der Waals surface area contributed by atoms with Gasteiger partial charge in [0.05, 0.1) is 26.9 Å². The van der Waals surface area contributed by atoms with E-state index < -0.39 is 10.0 Å². The molecule has 0 spiro atoms. The summed E-state index contributed by atoms with van der Waals surface area (Å²) in [6.45, 7) is 6.06. The summed E-state index contributed by atoms with van der Waals surface area (Å²) in [6.07, 6.45) is 7.34. The van der Waals surface area contributed by atoms with E-state index in [9.17, 15) is 8.42 Å². The van der Waals surface area contributed by atoms with Crippen molar-refractivity contribution >= 4 is 39.2 Å². The van der Waals surface area contributed by atoms with E-state index in [1.54, 1.807) is 12.3 Å². The van der Waals surface area contributed by atoms with E-state index in [-0.39, 0.29) is 4.91 Å². The van der Waals surface area contributed by atoms with E-state index in [1.807, 2.05) is 68.1 Å². The van der Waals surface area contributed by atoms with Gasteiger partial charge in [-0.15, -0.1) is 11.3 Å². The van der Waals surface area contributed by atoms with E-state index in [2.05, 4.69) is 16.5 Å². The number of thiazole rings is 1. The number of sulfonamides is 1. The van der Waals surface area contributed by atoms with Crippen LogP contribution < -0.4 is 9.21 Å². The fourth-order valence-corrected chi connectivity index (χ4v) is 5.70. The van der Waals surface area contributed by atoms with Gasteiger partial charge in [0.15, 0.2) is 0 Å². The molecule has 155 valence electrons. The molecule has 31 heavy (non-hydrogen) atoms. The summed E-state index contributed by atoms with van der Waals surface area (Å²) in [7, 11) is -1.84. The Morgan fingerprint density at radius 3 is 2.74 bits per heavy atom. The van der Waals surface area contributed by atoms with Crippen LogP contribution in [0, 0.1) is 0 Å². The molecule has 3 heterocycles. The fraction of sp³-hybridized carbons (Fsp3) is 0.130. The van der Waals surface area contributed by atoms with Crippen LogP contribution in [0.15, 0.2) is 89.2 Å². The van der Waals surface area contributed by atoms with Gasteiger partial charge in [0, 0.05) is 18.1 Å². The quantitative estimate of drug-likeness (QED) is 0.408. The molecule has 1 aromatic carbocycles. The lowest BCUT2D eigenvalue weighted by atomic mass is 9.70. The number of aromatic nitrogens is 2. The molecule has 5 nitrogen and oxygen atoms in total. The van der Waals surface area contributed by atoms with Gasteiger partial charge in [-0.3, -0.25) is 14.3 Å². The first-order valence-corrected chi connectivity index (χ1v) is 12.2. The van der Waals surface area contributed by atoms with E-state index >= 15 is 0 Å². The lowest BCUT2D eigenvalue weighted by molar-refractivity contribution is 0.599. The van der Waals surface area contributed by atoms with E-state index in [0.717, 1.165) is 33.0 Å². The summed E-state index contributed by atoms with van der Waals surface area (Å²) < 4.78 is 28.2. The van der Waals surface area contributed by atoms with Crippen molar-refractivity contribution in [1.82, 2.24) is 9.97 Å². The number of hydrogen-bond donors (Lipinski definition) is 0. The molecule has 0 atom stereocenters. The molecule has 8 heteroatoms. The zero-order chi connectivity index (χ0) is 21.8. The summed E-state index contributed by atoms with van der Waals surface area (Å²) in [5.74, 6) is 0. The summed E-state index contributed by atoms with van der Waals surface area (Å²) in [5, 5.41) is 1.94. The molecule has 0 unspecified atom stereocenters. The maximum absolute atomic E-state index is 13.3. The van der Waals surface area contributed by atoms with E-state index in [4.69, 9.17) is 0 Å². The monoisotopic (exact) mass is 446 g/mol. The van der Waals surface area contributed by atoms with Gasteiger partial charge in [-0.2, -0.15) is 0 Å². The Balaban J connectivity index is 1.58. The molecule has 0 amide bonds. The van der Waals surface area contributed by atoms with Gasteiger partial charge in [0.2, 0.25) is 7.28 Å². The van der Waals surface area contributed by atoms with Crippen molar-refractivity contribution in [3.63, 3.8) is 0 Å². The summed E-state index contributed by atoms with van der Waals surface area (Å²) in [5.41, 5.74) is 4.12. The molecule has 4 rings (SSSR count). The van der Waals surface area contributed by atoms with Crippen LogP contribution in [0.5, 0.6) is 0 Å². The van der Waals surface area contributed by atoms with Crippen molar-refractivity contribution in [1.29, 1.82) is 0 Å². The zero-order valence-electron chi connectivity index (χ0n) is 17.1. The smallest absolute Gasteiger partial charge is 0.264 e. The molecule has 0 fully saturated rings. The number of fused-ring (bicyclic) bond motifs is 1. The Hall–Kier alpha value is -2.97. The first-order chi connectivity index (χ1) is 15.0. The van der Waals surface area contributed by atoms with Gasteiger partial charge in [-0.05, 0) is 49.3 Å². The number of hydrogen-bond acceptors (Lipinski definition) is 5. The molecule has 0 bridgehead atoms. The molecule has 0 saturated heterocycles. The zero-order valence-corrected chi connectivity index (χ0v) is 18.7. The molecule has 3 aromatic rings. The van der Waals surface area contributed by atoms with Crippen molar-refractivity contribution in [3.8, 4) is 11.4 Å². The topological polar surface area (TPSA) is 63.2 Å². The minimum atomic E-state index is -3.71. The summed E-state index contributed by atoms with van der Waals surface area (Å²) in [6, 6.07) is 13.3. The first kappa shape index (κ1) is 21.3. The summed E-state index contributed by atoms with van der Waals surface area (Å²) in [4.78, 5) is 9.88. The normalized spacial score (nSPS) is 14.4. The van der Waals surface area contributed by atoms with Crippen LogP contribution >= 0.6 is 11.3 Å². The average Bonchev–Trinajstić information content (AvgIpc) is 3.44. The minimum Gasteiger partial charge on any atom is -0.266 e. The van der Waals surface area contributed by atoms with Crippen molar-refractivity contribution in [2.45, 2.75) is 13.3 Å². The Kier molecular flexibility index (Phi) is 6.20. The highest BCUT2D eigenvalue weighted by atomic mass is 32.2. The second-order valence-corrected chi connectivity index (χ2v) is 9.68. The molecule has 1 radical (unpaired) electrons. The molecular weight excluding hydrogens is 425 g/mol. The number of para-hydroxylation sites is 1. The predicted molar refractivity (Wildman–Crippen MR) is 129 cm³/mol. The second-order valence-electron chi connectivity index (χ2n) is 6.93. The predicted octanol–water partition coefficient (Wildman–Crippen LogP) is 3.90. The average molecular weight is 446 g/mol. The van der Waals surface area contributed by atoms with E-state index in [0.29, 0.717) is 13.0 Å². The van der Waals surface area contributed by atoms with Crippen molar-refractivity contribution in [2.75, 3.05) is 10.8 Å². The highest BCUT2D eigenvalue weighted by Gasteiger charge is 2.31. The largest absolute Gasteiger partial charge is 0.266 e. The molecule has 2 aromatic heterocycles. The highest BCUT2D eigenvalue weighted by Crippen LogP contribution is 2.32. The third kappa shape index (κ3) is 4.40. The van der Waals surface area contributed by atoms with Crippen molar-refractivity contribution < 1.29 is 8.42 Å². The first-order valence-electron chi connectivity index (χ1n) is 9.85. The van der Waals surface area contributed by atoms with Gasteiger partial charge in [0.1, 0.15) is 0 Å². The van der Waals surface area contributed by atoms with Gasteiger partial charge in [0.25, 0.3) is 10.0 Å². The number of anilines is 1. The Morgan fingerprint density at radius 2 is 2.00 bits per heavy atom. The molecule has 0 aliphatic carbocycles.